The molecule has 0 bridgehead atoms. The molecule has 0 amide bonds. The van der Waals surface area contributed by atoms with Crippen LogP contribution in [-0.2, 0) is 11.8 Å². The highest BCUT2D eigenvalue weighted by Crippen LogP contribution is 2.31. The zero-order valence-corrected chi connectivity index (χ0v) is 13.0. The zero-order valence-electron chi connectivity index (χ0n) is 13.0. The molecule has 0 aliphatic heterocycles. The van der Waals surface area contributed by atoms with Crippen LogP contribution in [0.15, 0.2) is 28.8 Å². The Balaban J connectivity index is 2.37. The number of nitrogen functional groups attached to an aromatic ring is 1. The zero-order chi connectivity index (χ0) is 14.9. The van der Waals surface area contributed by atoms with E-state index in [-0.39, 0.29) is 5.41 Å². The molecule has 3 heteroatoms. The van der Waals surface area contributed by atoms with Crippen molar-refractivity contribution >= 4 is 5.82 Å². The van der Waals surface area contributed by atoms with Gasteiger partial charge in [-0.3, -0.25) is 0 Å². The molecule has 0 spiro atoms. The molecule has 1 aromatic carbocycles. The smallest absolute Gasteiger partial charge is 0.172 e. The second-order valence-corrected chi connectivity index (χ2v) is 6.80. The fourth-order valence-corrected chi connectivity index (χ4v) is 2.28. The lowest BCUT2D eigenvalue weighted by molar-refractivity contribution is 0.434. The largest absolute Gasteiger partial charge is 0.381 e. The van der Waals surface area contributed by atoms with Crippen LogP contribution in [0.25, 0.3) is 11.3 Å². The number of aromatic nitrogens is 1. The molecule has 3 nitrogen and oxygen atoms in total. The van der Waals surface area contributed by atoms with Gasteiger partial charge in [-0.1, -0.05) is 64.0 Å². The summed E-state index contributed by atoms with van der Waals surface area (Å²) in [5.74, 6) is 1.83. The second-order valence-electron chi connectivity index (χ2n) is 6.80. The molecule has 0 radical (unpaired) electrons. The minimum atomic E-state index is 0.153. The van der Waals surface area contributed by atoms with Crippen molar-refractivity contribution < 1.29 is 4.52 Å². The average molecular weight is 272 g/mol. The SMILES string of the molecule is CC(C)Cc1c(N)noc1-c1ccc(C(C)(C)C)cc1. The summed E-state index contributed by atoms with van der Waals surface area (Å²) in [6.07, 6.45) is 0.881. The fraction of sp³-hybridized carbons (Fsp3) is 0.471. The van der Waals surface area contributed by atoms with Gasteiger partial charge < -0.3 is 10.3 Å². The number of benzene rings is 1. The lowest BCUT2D eigenvalue weighted by atomic mass is 9.86. The van der Waals surface area contributed by atoms with Crippen molar-refractivity contribution in [3.05, 3.63) is 35.4 Å². The van der Waals surface area contributed by atoms with E-state index in [1.807, 2.05) is 0 Å². The van der Waals surface area contributed by atoms with Gasteiger partial charge in [-0.2, -0.15) is 0 Å². The van der Waals surface area contributed by atoms with Gasteiger partial charge in [0.05, 0.1) is 0 Å². The monoisotopic (exact) mass is 272 g/mol. The van der Waals surface area contributed by atoms with Crippen LogP contribution in [0.1, 0.15) is 45.7 Å². The first-order chi connectivity index (χ1) is 9.29. The summed E-state index contributed by atoms with van der Waals surface area (Å²) in [6.45, 7) is 11.0. The third-order valence-electron chi connectivity index (χ3n) is 3.44. The molecule has 0 aliphatic rings. The lowest BCUT2D eigenvalue weighted by Gasteiger charge is -2.19. The molecule has 20 heavy (non-hydrogen) atoms. The number of rotatable bonds is 3. The Bertz CT molecular complexity index is 574. The van der Waals surface area contributed by atoms with E-state index in [1.165, 1.54) is 5.56 Å². The highest BCUT2D eigenvalue weighted by atomic mass is 16.5. The molecule has 0 atom stereocenters. The molecule has 0 saturated heterocycles. The maximum atomic E-state index is 5.92. The van der Waals surface area contributed by atoms with Crippen LogP contribution in [0, 0.1) is 5.92 Å². The van der Waals surface area contributed by atoms with Crippen LogP contribution in [0.3, 0.4) is 0 Å². The van der Waals surface area contributed by atoms with E-state index in [0.29, 0.717) is 11.7 Å². The first-order valence-corrected chi connectivity index (χ1v) is 7.14. The summed E-state index contributed by atoms with van der Waals surface area (Å²) >= 11 is 0. The first kappa shape index (κ1) is 14.6. The van der Waals surface area contributed by atoms with Crippen molar-refractivity contribution in [2.24, 2.45) is 5.92 Å². The molecular weight excluding hydrogens is 248 g/mol. The Labute approximate surface area is 121 Å². The predicted molar refractivity (Wildman–Crippen MR) is 83.6 cm³/mol. The van der Waals surface area contributed by atoms with Crippen LogP contribution < -0.4 is 5.73 Å². The Morgan fingerprint density at radius 3 is 2.25 bits per heavy atom. The average Bonchev–Trinajstić information content (AvgIpc) is 2.70. The molecular formula is C17H24N2O. The van der Waals surface area contributed by atoms with Crippen molar-refractivity contribution in [3.63, 3.8) is 0 Å². The van der Waals surface area contributed by atoms with Crippen molar-refractivity contribution in [1.29, 1.82) is 0 Å². The lowest BCUT2D eigenvalue weighted by Crippen LogP contribution is -2.10. The van der Waals surface area contributed by atoms with Crippen molar-refractivity contribution in [1.82, 2.24) is 5.16 Å². The van der Waals surface area contributed by atoms with Gasteiger partial charge in [0.1, 0.15) is 0 Å². The van der Waals surface area contributed by atoms with Gasteiger partial charge in [0.25, 0.3) is 0 Å². The van der Waals surface area contributed by atoms with Gasteiger partial charge in [-0.25, -0.2) is 0 Å². The topological polar surface area (TPSA) is 52.0 Å². The molecule has 1 aromatic heterocycles. The molecule has 2 rings (SSSR count). The summed E-state index contributed by atoms with van der Waals surface area (Å²) in [7, 11) is 0. The minimum absolute atomic E-state index is 0.153. The molecule has 0 fully saturated rings. The van der Waals surface area contributed by atoms with E-state index < -0.39 is 0 Å². The number of hydrogen-bond acceptors (Lipinski definition) is 3. The highest BCUT2D eigenvalue weighted by molar-refractivity contribution is 5.66. The number of nitrogens with two attached hydrogens (primary N) is 1. The van der Waals surface area contributed by atoms with Crippen LogP contribution in [0.2, 0.25) is 0 Å². The Morgan fingerprint density at radius 2 is 1.75 bits per heavy atom. The van der Waals surface area contributed by atoms with E-state index in [4.69, 9.17) is 10.3 Å². The predicted octanol–water partition coefficient (Wildman–Crippen LogP) is 4.42. The van der Waals surface area contributed by atoms with Gasteiger partial charge in [-0.05, 0) is 23.3 Å². The second kappa shape index (κ2) is 5.31. The van der Waals surface area contributed by atoms with Crippen molar-refractivity contribution in [2.45, 2.75) is 46.5 Å². The Kier molecular flexibility index (Phi) is 3.89. The summed E-state index contributed by atoms with van der Waals surface area (Å²) in [6, 6.07) is 8.47. The number of hydrogen-bond donors (Lipinski definition) is 1. The standard InChI is InChI=1S/C17H24N2O/c1-11(2)10-14-15(20-19-16(14)18)12-6-8-13(9-7-12)17(3,4)5/h6-9,11H,10H2,1-5H3,(H2,18,19). The Morgan fingerprint density at radius 1 is 1.15 bits per heavy atom. The minimum Gasteiger partial charge on any atom is -0.381 e. The maximum absolute atomic E-state index is 5.92. The third kappa shape index (κ3) is 3.03. The summed E-state index contributed by atoms with van der Waals surface area (Å²) < 4.78 is 5.43. The molecule has 0 unspecified atom stereocenters. The Hall–Kier alpha value is -1.77. The summed E-state index contributed by atoms with van der Waals surface area (Å²) in [5.41, 5.74) is 9.44. The summed E-state index contributed by atoms with van der Waals surface area (Å²) in [5, 5.41) is 3.92. The molecule has 1 heterocycles. The molecule has 2 aromatic rings. The normalized spacial score (nSPS) is 12.1. The van der Waals surface area contributed by atoms with Crippen LogP contribution in [0.4, 0.5) is 5.82 Å². The van der Waals surface area contributed by atoms with Gasteiger partial charge >= 0.3 is 0 Å². The summed E-state index contributed by atoms with van der Waals surface area (Å²) in [4.78, 5) is 0. The van der Waals surface area contributed by atoms with E-state index in [2.05, 4.69) is 64.0 Å². The van der Waals surface area contributed by atoms with Gasteiger partial charge in [-0.15, -0.1) is 0 Å². The third-order valence-corrected chi connectivity index (χ3v) is 3.44. The quantitative estimate of drug-likeness (QED) is 0.899. The number of nitrogens with zero attached hydrogens (tertiary/aromatic N) is 1. The molecule has 2 N–H and O–H groups in total. The van der Waals surface area contributed by atoms with Gasteiger partial charge in [0.2, 0.25) is 0 Å². The van der Waals surface area contributed by atoms with Crippen LogP contribution >= 0.6 is 0 Å². The van der Waals surface area contributed by atoms with E-state index in [0.717, 1.165) is 23.3 Å². The van der Waals surface area contributed by atoms with E-state index in [1.54, 1.807) is 0 Å². The first-order valence-electron chi connectivity index (χ1n) is 7.14. The maximum Gasteiger partial charge on any atom is 0.172 e. The van der Waals surface area contributed by atoms with E-state index >= 15 is 0 Å². The number of anilines is 1. The van der Waals surface area contributed by atoms with Gasteiger partial charge in [0, 0.05) is 11.1 Å². The fourth-order valence-electron chi connectivity index (χ4n) is 2.28. The highest BCUT2D eigenvalue weighted by Gasteiger charge is 2.18. The van der Waals surface area contributed by atoms with Crippen molar-refractivity contribution in [2.75, 3.05) is 5.73 Å². The molecule has 108 valence electrons. The van der Waals surface area contributed by atoms with E-state index in [9.17, 15) is 0 Å². The van der Waals surface area contributed by atoms with Crippen molar-refractivity contribution in [3.8, 4) is 11.3 Å². The van der Waals surface area contributed by atoms with Gasteiger partial charge in [0.15, 0.2) is 11.6 Å². The van der Waals surface area contributed by atoms with Crippen LogP contribution in [0.5, 0.6) is 0 Å². The molecule has 0 saturated carbocycles. The molecule has 0 aliphatic carbocycles. The van der Waals surface area contributed by atoms with Crippen LogP contribution in [-0.4, -0.2) is 5.16 Å².